The van der Waals surface area contributed by atoms with Gasteiger partial charge in [0.25, 0.3) is 0 Å². The first-order chi connectivity index (χ1) is 10.2. The van der Waals surface area contributed by atoms with Crippen LogP contribution < -0.4 is 0 Å². The van der Waals surface area contributed by atoms with Crippen molar-refractivity contribution in [1.82, 2.24) is 4.90 Å². The van der Waals surface area contributed by atoms with Gasteiger partial charge in [-0.3, -0.25) is 4.79 Å². The van der Waals surface area contributed by atoms with Crippen molar-refractivity contribution in [2.24, 2.45) is 0 Å². The highest BCUT2D eigenvalue weighted by Crippen LogP contribution is 2.30. The van der Waals surface area contributed by atoms with Crippen molar-refractivity contribution in [2.45, 2.75) is 31.8 Å². The van der Waals surface area contributed by atoms with Crippen LogP contribution in [0.5, 0.6) is 0 Å². The highest BCUT2D eigenvalue weighted by molar-refractivity contribution is 5.83. The molecule has 2 atom stereocenters. The van der Waals surface area contributed by atoms with Crippen LogP contribution in [0.25, 0.3) is 10.8 Å². The Kier molecular flexibility index (Phi) is 3.93. The lowest BCUT2D eigenvalue weighted by Gasteiger charge is -2.36. The minimum Gasteiger partial charge on any atom is -0.391 e. The van der Waals surface area contributed by atoms with Gasteiger partial charge in [-0.1, -0.05) is 49.4 Å². The number of hydrogen-bond acceptors (Lipinski definition) is 2. The molecule has 0 radical (unpaired) electrons. The third kappa shape index (κ3) is 2.79. The highest BCUT2D eigenvalue weighted by Gasteiger charge is 2.30. The molecule has 110 valence electrons. The Hall–Kier alpha value is -1.87. The number of aliphatic hydroxyl groups excluding tert-OH is 1. The Labute approximate surface area is 125 Å². The topological polar surface area (TPSA) is 40.5 Å². The van der Waals surface area contributed by atoms with Crippen LogP contribution in [0.4, 0.5) is 0 Å². The average Bonchev–Trinajstić information content (AvgIpc) is 2.53. The fraction of sp³-hybridized carbons (Fsp3) is 0.389. The lowest BCUT2D eigenvalue weighted by molar-refractivity contribution is -0.134. The van der Waals surface area contributed by atoms with Crippen LogP contribution in [0.2, 0.25) is 0 Å². The number of benzene rings is 2. The highest BCUT2D eigenvalue weighted by atomic mass is 16.3. The van der Waals surface area contributed by atoms with Gasteiger partial charge in [-0.15, -0.1) is 0 Å². The number of amides is 1. The van der Waals surface area contributed by atoms with Crippen LogP contribution in [0.3, 0.4) is 0 Å². The largest absolute Gasteiger partial charge is 0.391 e. The lowest BCUT2D eigenvalue weighted by atomic mass is 9.86. The Morgan fingerprint density at radius 2 is 2.00 bits per heavy atom. The molecular weight excluding hydrogens is 262 g/mol. The quantitative estimate of drug-likeness (QED) is 0.920. The maximum absolute atomic E-state index is 11.7. The van der Waals surface area contributed by atoms with Crippen molar-refractivity contribution in [2.75, 3.05) is 13.1 Å². The zero-order valence-corrected chi connectivity index (χ0v) is 12.3. The van der Waals surface area contributed by atoms with Crippen molar-refractivity contribution >= 4 is 16.7 Å². The Bertz CT molecular complexity index is 652. The van der Waals surface area contributed by atoms with Gasteiger partial charge in [0.15, 0.2) is 0 Å². The lowest BCUT2D eigenvalue weighted by Crippen LogP contribution is -2.45. The molecule has 1 amide bonds. The zero-order chi connectivity index (χ0) is 14.8. The molecule has 1 aliphatic rings. The molecule has 1 fully saturated rings. The number of nitrogens with zero attached hydrogens (tertiary/aromatic N) is 1. The first-order valence-electron chi connectivity index (χ1n) is 7.63. The maximum atomic E-state index is 11.7. The molecule has 0 unspecified atom stereocenters. The second-order valence-corrected chi connectivity index (χ2v) is 5.76. The predicted octanol–water partition coefficient (Wildman–Crippen LogP) is 2.93. The van der Waals surface area contributed by atoms with Crippen molar-refractivity contribution < 1.29 is 9.90 Å². The molecule has 21 heavy (non-hydrogen) atoms. The summed E-state index contributed by atoms with van der Waals surface area (Å²) in [7, 11) is 0. The predicted molar refractivity (Wildman–Crippen MR) is 84.2 cm³/mol. The van der Waals surface area contributed by atoms with E-state index >= 15 is 0 Å². The van der Waals surface area contributed by atoms with E-state index in [0.717, 1.165) is 13.0 Å². The second kappa shape index (κ2) is 5.86. The minimum absolute atomic E-state index is 0.121. The number of carbonyl (C=O) groups excluding carboxylic acids is 1. The summed E-state index contributed by atoms with van der Waals surface area (Å²) >= 11 is 0. The fourth-order valence-electron chi connectivity index (χ4n) is 3.21. The van der Waals surface area contributed by atoms with Gasteiger partial charge in [-0.25, -0.2) is 0 Å². The fourth-order valence-corrected chi connectivity index (χ4v) is 3.21. The third-order valence-electron chi connectivity index (χ3n) is 4.44. The maximum Gasteiger partial charge on any atom is 0.222 e. The summed E-state index contributed by atoms with van der Waals surface area (Å²) in [6.45, 7) is 3.05. The van der Waals surface area contributed by atoms with E-state index in [9.17, 15) is 9.90 Å². The van der Waals surface area contributed by atoms with Crippen LogP contribution in [0.15, 0.2) is 42.5 Å². The van der Waals surface area contributed by atoms with E-state index in [2.05, 4.69) is 30.3 Å². The van der Waals surface area contributed by atoms with Crippen molar-refractivity contribution in [3.05, 3.63) is 48.0 Å². The minimum atomic E-state index is -0.476. The van der Waals surface area contributed by atoms with E-state index in [0.29, 0.717) is 13.0 Å². The van der Waals surface area contributed by atoms with Crippen LogP contribution in [0, 0.1) is 0 Å². The number of piperidine rings is 1. The molecule has 1 heterocycles. The molecule has 1 aliphatic heterocycles. The van der Waals surface area contributed by atoms with Crippen molar-refractivity contribution in [1.29, 1.82) is 0 Å². The number of rotatable bonds is 2. The van der Waals surface area contributed by atoms with Gasteiger partial charge in [0.05, 0.1) is 6.10 Å². The Morgan fingerprint density at radius 3 is 2.71 bits per heavy atom. The molecule has 1 saturated heterocycles. The van der Waals surface area contributed by atoms with Gasteiger partial charge < -0.3 is 10.0 Å². The number of likely N-dealkylation sites (tertiary alicyclic amines) is 1. The molecule has 2 aromatic rings. The molecule has 0 saturated carbocycles. The smallest absolute Gasteiger partial charge is 0.222 e. The molecule has 0 spiro atoms. The molecule has 0 bridgehead atoms. The molecule has 0 aliphatic carbocycles. The second-order valence-electron chi connectivity index (χ2n) is 5.76. The van der Waals surface area contributed by atoms with Gasteiger partial charge in [0.2, 0.25) is 5.91 Å². The van der Waals surface area contributed by atoms with Crippen LogP contribution in [-0.2, 0) is 4.79 Å². The van der Waals surface area contributed by atoms with E-state index in [-0.39, 0.29) is 11.8 Å². The van der Waals surface area contributed by atoms with E-state index in [1.807, 2.05) is 19.1 Å². The van der Waals surface area contributed by atoms with E-state index in [1.165, 1.54) is 16.3 Å². The first-order valence-corrected chi connectivity index (χ1v) is 7.63. The van der Waals surface area contributed by atoms with Gasteiger partial charge >= 0.3 is 0 Å². The monoisotopic (exact) mass is 283 g/mol. The summed E-state index contributed by atoms with van der Waals surface area (Å²) in [6, 6.07) is 14.6. The number of fused-ring (bicyclic) bond motifs is 1. The van der Waals surface area contributed by atoms with E-state index in [4.69, 9.17) is 0 Å². The number of carbonyl (C=O) groups is 1. The van der Waals surface area contributed by atoms with Gasteiger partial charge in [-0.05, 0) is 22.8 Å². The SMILES string of the molecule is CCC(=O)N1CC[C@@H](c2ccc3ccccc3c2)[C@H](O)C1. The molecule has 0 aromatic heterocycles. The van der Waals surface area contributed by atoms with Crippen molar-refractivity contribution in [3.8, 4) is 0 Å². The summed E-state index contributed by atoms with van der Waals surface area (Å²) in [5, 5.41) is 12.8. The molecular formula is C18H21NO2. The van der Waals surface area contributed by atoms with Gasteiger partial charge in [0, 0.05) is 25.4 Å². The standard InChI is InChI=1S/C18H21NO2/c1-2-18(21)19-10-9-16(17(20)12-19)15-8-7-13-5-3-4-6-14(13)11-15/h3-8,11,16-17,20H,2,9-10,12H2,1H3/t16-,17+/m0/s1. The van der Waals surface area contributed by atoms with Gasteiger partial charge in [-0.2, -0.15) is 0 Å². The summed E-state index contributed by atoms with van der Waals surface area (Å²) in [5.41, 5.74) is 1.17. The summed E-state index contributed by atoms with van der Waals surface area (Å²) in [5.74, 6) is 0.251. The van der Waals surface area contributed by atoms with E-state index < -0.39 is 6.10 Å². The zero-order valence-electron chi connectivity index (χ0n) is 12.3. The van der Waals surface area contributed by atoms with E-state index in [1.54, 1.807) is 4.90 Å². The summed E-state index contributed by atoms with van der Waals surface area (Å²) in [6.07, 6.45) is 0.855. The third-order valence-corrected chi connectivity index (χ3v) is 4.44. The number of aliphatic hydroxyl groups is 1. The molecule has 3 heteroatoms. The Balaban J connectivity index is 1.81. The summed E-state index contributed by atoms with van der Waals surface area (Å²) < 4.78 is 0. The number of β-amino-alcohol motifs (C(OH)–C–C–N with tert-alkyl or cyclic N) is 1. The number of hydrogen-bond donors (Lipinski definition) is 1. The molecule has 1 N–H and O–H groups in total. The van der Waals surface area contributed by atoms with Gasteiger partial charge in [0.1, 0.15) is 0 Å². The Morgan fingerprint density at radius 1 is 1.24 bits per heavy atom. The molecule has 3 rings (SSSR count). The summed E-state index contributed by atoms with van der Waals surface area (Å²) in [4.78, 5) is 13.5. The van der Waals surface area contributed by atoms with Crippen molar-refractivity contribution in [3.63, 3.8) is 0 Å². The van der Waals surface area contributed by atoms with Crippen LogP contribution >= 0.6 is 0 Å². The normalized spacial score (nSPS) is 22.5. The molecule has 2 aromatic carbocycles. The van der Waals surface area contributed by atoms with Crippen LogP contribution in [-0.4, -0.2) is 35.1 Å². The first kappa shape index (κ1) is 14.1. The average molecular weight is 283 g/mol. The van der Waals surface area contributed by atoms with Crippen LogP contribution in [0.1, 0.15) is 31.2 Å². The molecule has 3 nitrogen and oxygen atoms in total.